The third kappa shape index (κ3) is 3.33. The van der Waals surface area contributed by atoms with Crippen molar-refractivity contribution < 1.29 is 13.0 Å². The molecule has 7 heteroatoms. The van der Waals surface area contributed by atoms with E-state index in [1.165, 1.54) is 11.3 Å². The molecule has 0 aliphatic carbocycles. The van der Waals surface area contributed by atoms with E-state index in [4.69, 9.17) is 0 Å². The van der Waals surface area contributed by atoms with Crippen LogP contribution < -0.4 is 4.31 Å². The minimum absolute atomic E-state index is 0.183. The van der Waals surface area contributed by atoms with Crippen LogP contribution in [0.25, 0.3) is 10.6 Å². The molecule has 1 N–H and O–H groups in total. The highest BCUT2D eigenvalue weighted by molar-refractivity contribution is 7.87. The highest BCUT2D eigenvalue weighted by Crippen LogP contribution is 2.34. The van der Waals surface area contributed by atoms with Gasteiger partial charge in [0.15, 0.2) is 5.82 Å². The number of rotatable bonds is 5. The third-order valence-corrected chi connectivity index (χ3v) is 5.27. The van der Waals surface area contributed by atoms with Gasteiger partial charge in [-0.3, -0.25) is 4.55 Å². The summed E-state index contributed by atoms with van der Waals surface area (Å²) in [6.45, 7) is 1.93. The van der Waals surface area contributed by atoms with Crippen LogP contribution in [0.2, 0.25) is 0 Å². The standard InChI is InChI=1S/C17H16N2O3S2/c1-2-13-8-6-7-11-15(13)19(24(20,21)22)16-12-23-17(18-16)14-9-4-3-5-10-14/h3-12H,2H2,1H3,(H,20,21,22). The van der Waals surface area contributed by atoms with Crippen molar-refractivity contribution in [1.82, 2.24) is 4.98 Å². The topological polar surface area (TPSA) is 70.5 Å². The van der Waals surface area contributed by atoms with E-state index in [0.29, 0.717) is 17.1 Å². The maximum atomic E-state index is 12.0. The number of thiazole rings is 1. The third-order valence-electron chi connectivity index (χ3n) is 3.54. The molecule has 0 bridgehead atoms. The number of hydrogen-bond donors (Lipinski definition) is 1. The Hall–Kier alpha value is -2.22. The molecule has 0 radical (unpaired) electrons. The van der Waals surface area contributed by atoms with Crippen LogP contribution in [-0.2, 0) is 16.7 Å². The van der Waals surface area contributed by atoms with Crippen LogP contribution in [0.3, 0.4) is 0 Å². The van der Waals surface area contributed by atoms with Gasteiger partial charge in [0, 0.05) is 10.9 Å². The second-order valence-electron chi connectivity index (χ2n) is 5.10. The minimum atomic E-state index is -4.49. The lowest BCUT2D eigenvalue weighted by Crippen LogP contribution is -2.26. The molecule has 0 unspecified atom stereocenters. The van der Waals surface area contributed by atoms with E-state index in [2.05, 4.69) is 4.98 Å². The summed E-state index contributed by atoms with van der Waals surface area (Å²) in [7, 11) is -4.49. The Balaban J connectivity index is 2.11. The van der Waals surface area contributed by atoms with Crippen LogP contribution in [-0.4, -0.2) is 18.0 Å². The lowest BCUT2D eigenvalue weighted by Gasteiger charge is -2.21. The van der Waals surface area contributed by atoms with E-state index in [-0.39, 0.29) is 5.82 Å². The van der Waals surface area contributed by atoms with Gasteiger partial charge in [-0.15, -0.1) is 11.3 Å². The first-order chi connectivity index (χ1) is 11.5. The van der Waals surface area contributed by atoms with Crippen LogP contribution in [0.5, 0.6) is 0 Å². The van der Waals surface area contributed by atoms with E-state index < -0.39 is 10.3 Å². The molecular weight excluding hydrogens is 344 g/mol. The van der Waals surface area contributed by atoms with E-state index in [9.17, 15) is 13.0 Å². The number of benzene rings is 2. The summed E-state index contributed by atoms with van der Waals surface area (Å²) in [5.41, 5.74) is 2.12. The first-order valence-corrected chi connectivity index (χ1v) is 9.65. The monoisotopic (exact) mass is 360 g/mol. The Morgan fingerprint density at radius 2 is 1.75 bits per heavy atom. The summed E-state index contributed by atoms with van der Waals surface area (Å²) in [4.78, 5) is 4.40. The van der Waals surface area contributed by atoms with Crippen LogP contribution in [0, 0.1) is 0 Å². The average Bonchev–Trinajstić information content (AvgIpc) is 3.04. The molecule has 0 saturated carbocycles. The zero-order valence-corrected chi connectivity index (χ0v) is 14.6. The maximum absolute atomic E-state index is 12.0. The van der Waals surface area contributed by atoms with Crippen molar-refractivity contribution in [2.24, 2.45) is 0 Å². The van der Waals surface area contributed by atoms with Crippen molar-refractivity contribution in [2.45, 2.75) is 13.3 Å². The average molecular weight is 360 g/mol. The minimum Gasteiger partial charge on any atom is -0.269 e. The SMILES string of the molecule is CCc1ccccc1N(c1csc(-c2ccccc2)n1)S(=O)(=O)O. The molecule has 1 aromatic heterocycles. The van der Waals surface area contributed by atoms with E-state index in [1.807, 2.05) is 49.4 Å². The lowest BCUT2D eigenvalue weighted by molar-refractivity contribution is 0.483. The molecule has 1 heterocycles. The molecule has 24 heavy (non-hydrogen) atoms. The molecule has 0 saturated heterocycles. The number of para-hydroxylation sites is 1. The normalized spacial score (nSPS) is 11.4. The van der Waals surface area contributed by atoms with Crippen molar-refractivity contribution >= 4 is 33.1 Å². The fourth-order valence-electron chi connectivity index (χ4n) is 2.45. The predicted octanol–water partition coefficient (Wildman–Crippen LogP) is 4.31. The Labute approximate surface area is 145 Å². The van der Waals surface area contributed by atoms with Crippen LogP contribution in [0.15, 0.2) is 60.0 Å². The largest absolute Gasteiger partial charge is 0.365 e. The quantitative estimate of drug-likeness (QED) is 0.688. The van der Waals surface area contributed by atoms with Gasteiger partial charge in [-0.05, 0) is 18.1 Å². The molecule has 0 aliphatic heterocycles. The van der Waals surface area contributed by atoms with Crippen molar-refractivity contribution in [3.8, 4) is 10.6 Å². The molecule has 0 atom stereocenters. The number of nitrogens with zero attached hydrogens (tertiary/aromatic N) is 2. The number of hydrogen-bond acceptors (Lipinski definition) is 4. The summed E-state index contributed by atoms with van der Waals surface area (Å²) in [5, 5.41) is 2.32. The fraction of sp³-hybridized carbons (Fsp3) is 0.118. The molecule has 3 aromatic rings. The first kappa shape index (κ1) is 16.6. The van der Waals surface area contributed by atoms with Crippen LogP contribution >= 0.6 is 11.3 Å². The Kier molecular flexibility index (Phi) is 4.66. The zero-order chi connectivity index (χ0) is 17.2. The molecule has 3 rings (SSSR count). The summed E-state index contributed by atoms with van der Waals surface area (Å²) in [6.07, 6.45) is 0.637. The van der Waals surface area contributed by atoms with Crippen molar-refractivity contribution in [2.75, 3.05) is 4.31 Å². The second-order valence-corrected chi connectivity index (χ2v) is 7.22. The van der Waals surface area contributed by atoms with Gasteiger partial charge < -0.3 is 0 Å². The summed E-state index contributed by atoms with van der Waals surface area (Å²) in [6, 6.07) is 16.6. The molecule has 0 aliphatic rings. The summed E-state index contributed by atoms with van der Waals surface area (Å²) < 4.78 is 34.6. The summed E-state index contributed by atoms with van der Waals surface area (Å²) in [5.74, 6) is 0.183. The van der Waals surface area contributed by atoms with Crippen molar-refractivity contribution in [1.29, 1.82) is 0 Å². The molecule has 0 amide bonds. The molecular formula is C17H16N2O3S2. The number of anilines is 2. The van der Waals surface area contributed by atoms with E-state index >= 15 is 0 Å². The summed E-state index contributed by atoms with van der Waals surface area (Å²) >= 11 is 1.33. The maximum Gasteiger partial charge on any atom is 0.365 e. The van der Waals surface area contributed by atoms with Gasteiger partial charge in [-0.2, -0.15) is 12.7 Å². The van der Waals surface area contributed by atoms with Crippen LogP contribution in [0.4, 0.5) is 11.5 Å². The molecule has 0 fully saturated rings. The van der Waals surface area contributed by atoms with Gasteiger partial charge in [-0.1, -0.05) is 55.5 Å². The molecule has 124 valence electrons. The van der Waals surface area contributed by atoms with Gasteiger partial charge in [0.2, 0.25) is 0 Å². The molecule has 5 nitrogen and oxygen atoms in total. The second kappa shape index (κ2) is 6.72. The van der Waals surface area contributed by atoms with Gasteiger partial charge >= 0.3 is 10.3 Å². The van der Waals surface area contributed by atoms with Gasteiger partial charge in [-0.25, -0.2) is 4.98 Å². The zero-order valence-electron chi connectivity index (χ0n) is 13.0. The van der Waals surface area contributed by atoms with E-state index in [1.54, 1.807) is 17.5 Å². The number of aryl methyl sites for hydroxylation is 1. The Bertz CT molecular complexity index is 937. The van der Waals surface area contributed by atoms with Gasteiger partial charge in [0.25, 0.3) is 0 Å². The van der Waals surface area contributed by atoms with E-state index in [0.717, 1.165) is 15.4 Å². The highest BCUT2D eigenvalue weighted by atomic mass is 32.2. The fourth-order valence-corrected chi connectivity index (χ4v) is 4.06. The van der Waals surface area contributed by atoms with Gasteiger partial charge in [0.05, 0.1) is 5.69 Å². The van der Waals surface area contributed by atoms with Crippen molar-refractivity contribution in [3.63, 3.8) is 0 Å². The van der Waals surface area contributed by atoms with Gasteiger partial charge in [0.1, 0.15) is 5.01 Å². The first-order valence-electron chi connectivity index (χ1n) is 7.37. The molecule has 2 aromatic carbocycles. The van der Waals surface area contributed by atoms with Crippen LogP contribution in [0.1, 0.15) is 12.5 Å². The Morgan fingerprint density at radius 3 is 2.42 bits per heavy atom. The van der Waals surface area contributed by atoms with Crippen molar-refractivity contribution in [3.05, 3.63) is 65.5 Å². The number of aromatic nitrogens is 1. The smallest absolute Gasteiger partial charge is 0.269 e. The molecule has 0 spiro atoms. The predicted molar refractivity (Wildman–Crippen MR) is 97.1 cm³/mol. The lowest BCUT2D eigenvalue weighted by atomic mass is 10.1. The highest BCUT2D eigenvalue weighted by Gasteiger charge is 2.26. The Morgan fingerprint density at radius 1 is 1.08 bits per heavy atom.